The Morgan fingerprint density at radius 2 is 1.90 bits per heavy atom. The molecule has 3 atom stereocenters. The van der Waals surface area contributed by atoms with Crippen molar-refractivity contribution in [2.24, 2.45) is 0 Å². The summed E-state index contributed by atoms with van der Waals surface area (Å²) in [6, 6.07) is 14.6. The van der Waals surface area contributed by atoms with Crippen LogP contribution in [0, 0.1) is 5.82 Å². The summed E-state index contributed by atoms with van der Waals surface area (Å²) >= 11 is 0. The molecule has 3 aliphatic rings. The van der Waals surface area contributed by atoms with Crippen molar-refractivity contribution in [1.29, 1.82) is 0 Å². The number of rotatable bonds is 5. The molecule has 1 unspecified atom stereocenters. The summed E-state index contributed by atoms with van der Waals surface area (Å²) in [5, 5.41) is 0. The Bertz CT molecular complexity index is 865. The van der Waals surface area contributed by atoms with Gasteiger partial charge in [-0.2, -0.15) is 0 Å². The summed E-state index contributed by atoms with van der Waals surface area (Å²) in [6.45, 7) is 8.12. The Balaban J connectivity index is 1.21. The van der Waals surface area contributed by atoms with Gasteiger partial charge in [0.05, 0.1) is 11.4 Å². The summed E-state index contributed by atoms with van der Waals surface area (Å²) in [6.07, 6.45) is 3.64. The first-order chi connectivity index (χ1) is 14.1. The number of likely N-dealkylation sites (N-methyl/N-ethyl adjacent to an activating group) is 1. The molecule has 0 N–H and O–H groups in total. The minimum Gasteiger partial charge on any atom is -0.371 e. The van der Waals surface area contributed by atoms with Crippen LogP contribution in [0.3, 0.4) is 0 Å². The Kier molecular flexibility index (Phi) is 4.99. The molecule has 0 radical (unpaired) electrons. The molecule has 3 heterocycles. The molecule has 0 spiro atoms. The third-order valence-electron chi connectivity index (χ3n) is 7.43. The molecule has 2 aromatic carbocycles. The van der Waals surface area contributed by atoms with E-state index in [4.69, 9.17) is 0 Å². The lowest BCUT2D eigenvalue weighted by molar-refractivity contribution is 0.189. The smallest absolute Gasteiger partial charge is 0.123 e. The van der Waals surface area contributed by atoms with E-state index in [9.17, 15) is 4.39 Å². The molecule has 1 fully saturated rings. The number of halogens is 1. The van der Waals surface area contributed by atoms with E-state index in [1.807, 2.05) is 12.1 Å². The highest BCUT2D eigenvalue weighted by molar-refractivity contribution is 5.80. The number of anilines is 2. The maximum absolute atomic E-state index is 13.1. The zero-order valence-corrected chi connectivity index (χ0v) is 17.6. The SMILES string of the molecule is CC(CCCN1CC[C@H]2[C@@H](C1)c1cccc3c1N2CCN3C)c1ccc(F)cc1. The van der Waals surface area contributed by atoms with Crippen molar-refractivity contribution >= 4 is 11.4 Å². The maximum atomic E-state index is 13.1. The summed E-state index contributed by atoms with van der Waals surface area (Å²) in [7, 11) is 2.23. The molecular weight excluding hydrogens is 361 g/mol. The molecule has 154 valence electrons. The van der Waals surface area contributed by atoms with Crippen LogP contribution in [-0.4, -0.2) is 50.7 Å². The molecule has 3 nitrogen and oxygen atoms in total. The topological polar surface area (TPSA) is 9.72 Å². The maximum Gasteiger partial charge on any atom is 0.123 e. The van der Waals surface area contributed by atoms with Crippen molar-refractivity contribution < 1.29 is 4.39 Å². The molecule has 0 saturated carbocycles. The Morgan fingerprint density at radius 3 is 2.72 bits per heavy atom. The lowest BCUT2D eigenvalue weighted by Gasteiger charge is -2.41. The number of nitrogens with zero attached hydrogens (tertiary/aromatic N) is 3. The zero-order chi connectivity index (χ0) is 20.0. The van der Waals surface area contributed by atoms with Crippen molar-refractivity contribution in [1.82, 2.24) is 4.90 Å². The standard InChI is InChI=1S/C25H32FN3/c1-18(19-8-10-20(26)11-9-19)5-4-13-28-14-12-23-22(17-28)21-6-3-7-24-25(21)29(23)16-15-27(24)2/h3,6-11,18,22-23H,4-5,12-17H2,1-2H3/t18?,22-,23-/m0/s1. The first-order valence-electron chi connectivity index (χ1n) is 11.2. The molecule has 0 aromatic heterocycles. The van der Waals surface area contributed by atoms with Crippen molar-refractivity contribution in [3.05, 3.63) is 59.4 Å². The number of fused-ring (bicyclic) bond motifs is 3. The van der Waals surface area contributed by atoms with Crippen LogP contribution >= 0.6 is 0 Å². The van der Waals surface area contributed by atoms with E-state index >= 15 is 0 Å². The van der Waals surface area contributed by atoms with Crippen molar-refractivity contribution in [2.75, 3.05) is 49.6 Å². The Labute approximate surface area is 174 Å². The Morgan fingerprint density at radius 1 is 1.07 bits per heavy atom. The van der Waals surface area contributed by atoms with Gasteiger partial charge in [0, 0.05) is 45.2 Å². The van der Waals surface area contributed by atoms with Crippen LogP contribution in [0.2, 0.25) is 0 Å². The van der Waals surface area contributed by atoms with Gasteiger partial charge in [0.25, 0.3) is 0 Å². The quantitative estimate of drug-likeness (QED) is 0.720. The number of likely N-dealkylation sites (tertiary alicyclic amines) is 1. The molecule has 3 aliphatic heterocycles. The predicted molar refractivity (Wildman–Crippen MR) is 119 cm³/mol. The van der Waals surface area contributed by atoms with Gasteiger partial charge in [0.15, 0.2) is 0 Å². The number of hydrogen-bond acceptors (Lipinski definition) is 3. The van der Waals surface area contributed by atoms with Crippen LogP contribution < -0.4 is 9.80 Å². The number of para-hydroxylation sites is 1. The molecule has 0 aliphatic carbocycles. The second-order valence-corrected chi connectivity index (χ2v) is 9.19. The van der Waals surface area contributed by atoms with E-state index in [0.717, 1.165) is 19.5 Å². The molecule has 1 saturated heterocycles. The van der Waals surface area contributed by atoms with Gasteiger partial charge in [-0.15, -0.1) is 0 Å². The van der Waals surface area contributed by atoms with Crippen molar-refractivity contribution in [3.8, 4) is 0 Å². The predicted octanol–water partition coefficient (Wildman–Crippen LogP) is 4.84. The highest BCUT2D eigenvalue weighted by Crippen LogP contribution is 2.50. The third kappa shape index (κ3) is 3.42. The summed E-state index contributed by atoms with van der Waals surface area (Å²) < 4.78 is 13.1. The summed E-state index contributed by atoms with van der Waals surface area (Å²) in [5.41, 5.74) is 5.76. The molecule has 4 heteroatoms. The zero-order valence-electron chi connectivity index (χ0n) is 17.6. The van der Waals surface area contributed by atoms with E-state index in [2.05, 4.69) is 46.9 Å². The third-order valence-corrected chi connectivity index (χ3v) is 7.43. The van der Waals surface area contributed by atoms with E-state index in [0.29, 0.717) is 17.9 Å². The minimum absolute atomic E-state index is 0.145. The van der Waals surface area contributed by atoms with Gasteiger partial charge in [-0.05, 0) is 61.1 Å². The lowest BCUT2D eigenvalue weighted by atomic mass is 9.88. The first-order valence-corrected chi connectivity index (χ1v) is 11.2. The normalized spacial score (nSPS) is 24.4. The van der Waals surface area contributed by atoms with Crippen LogP contribution in [-0.2, 0) is 0 Å². The van der Waals surface area contributed by atoms with Gasteiger partial charge < -0.3 is 14.7 Å². The van der Waals surface area contributed by atoms with Crippen LogP contribution in [0.15, 0.2) is 42.5 Å². The van der Waals surface area contributed by atoms with Gasteiger partial charge in [-0.25, -0.2) is 4.39 Å². The second-order valence-electron chi connectivity index (χ2n) is 9.19. The van der Waals surface area contributed by atoms with E-state index in [1.54, 1.807) is 17.7 Å². The number of benzene rings is 2. The van der Waals surface area contributed by atoms with Crippen molar-refractivity contribution in [2.45, 2.75) is 44.1 Å². The molecule has 29 heavy (non-hydrogen) atoms. The van der Waals surface area contributed by atoms with E-state index < -0.39 is 0 Å². The van der Waals surface area contributed by atoms with Gasteiger partial charge in [-0.3, -0.25) is 0 Å². The molecule has 5 rings (SSSR count). The summed E-state index contributed by atoms with van der Waals surface area (Å²) in [4.78, 5) is 7.81. The van der Waals surface area contributed by atoms with Crippen LogP contribution in [0.4, 0.5) is 15.8 Å². The lowest BCUT2D eigenvalue weighted by Crippen LogP contribution is -2.49. The van der Waals surface area contributed by atoms with Crippen LogP contribution in [0.25, 0.3) is 0 Å². The fraction of sp³-hybridized carbons (Fsp3) is 0.520. The second kappa shape index (κ2) is 7.64. The Hall–Kier alpha value is -2.07. The van der Waals surface area contributed by atoms with Gasteiger partial charge in [0.2, 0.25) is 0 Å². The first kappa shape index (κ1) is 18.9. The molecular formula is C25H32FN3. The average Bonchev–Trinajstić information content (AvgIpc) is 3.06. The highest BCUT2D eigenvalue weighted by atomic mass is 19.1. The van der Waals surface area contributed by atoms with E-state index in [1.165, 1.54) is 49.4 Å². The summed E-state index contributed by atoms with van der Waals surface area (Å²) in [5.74, 6) is 0.996. The van der Waals surface area contributed by atoms with Crippen LogP contribution in [0.1, 0.15) is 49.1 Å². The molecule has 0 amide bonds. The number of hydrogen-bond donors (Lipinski definition) is 0. The van der Waals surface area contributed by atoms with Gasteiger partial charge in [-0.1, -0.05) is 31.2 Å². The van der Waals surface area contributed by atoms with Crippen molar-refractivity contribution in [3.63, 3.8) is 0 Å². The fourth-order valence-corrected chi connectivity index (χ4v) is 5.76. The monoisotopic (exact) mass is 393 g/mol. The fourth-order valence-electron chi connectivity index (χ4n) is 5.76. The highest BCUT2D eigenvalue weighted by Gasteiger charge is 2.44. The van der Waals surface area contributed by atoms with E-state index in [-0.39, 0.29) is 5.82 Å². The molecule has 2 aromatic rings. The van der Waals surface area contributed by atoms with Gasteiger partial charge >= 0.3 is 0 Å². The largest absolute Gasteiger partial charge is 0.371 e. The number of piperidine rings is 1. The van der Waals surface area contributed by atoms with Crippen LogP contribution in [0.5, 0.6) is 0 Å². The molecule has 0 bridgehead atoms. The van der Waals surface area contributed by atoms with Gasteiger partial charge in [0.1, 0.15) is 5.82 Å². The minimum atomic E-state index is -0.145. The average molecular weight is 394 g/mol.